The van der Waals surface area contributed by atoms with E-state index in [1.165, 1.54) is 19.1 Å². The summed E-state index contributed by atoms with van der Waals surface area (Å²) >= 11 is 0. The van der Waals surface area contributed by atoms with E-state index < -0.39 is 12.4 Å². The molecule has 20 heavy (non-hydrogen) atoms. The molecule has 0 N–H and O–H groups in total. The highest BCUT2D eigenvalue weighted by atomic mass is 19.4. The SMILES string of the molecule is Cc1cc(OCCc2ccnn2C)ccc1[B-](F)(F)F. The molecule has 2 aromatic rings. The molecule has 0 aliphatic heterocycles. The highest BCUT2D eigenvalue weighted by Crippen LogP contribution is 2.17. The number of aromatic nitrogens is 2. The van der Waals surface area contributed by atoms with Gasteiger partial charge in [0.1, 0.15) is 5.75 Å². The molecule has 0 saturated heterocycles. The zero-order valence-electron chi connectivity index (χ0n) is 11.3. The van der Waals surface area contributed by atoms with Gasteiger partial charge in [-0.25, -0.2) is 0 Å². The molecule has 108 valence electrons. The third-order valence-electron chi connectivity index (χ3n) is 3.14. The van der Waals surface area contributed by atoms with Crippen molar-refractivity contribution in [3.8, 4) is 5.75 Å². The maximum atomic E-state index is 12.7. The fourth-order valence-corrected chi connectivity index (χ4v) is 2.03. The Labute approximate surface area is 115 Å². The highest BCUT2D eigenvalue weighted by Gasteiger charge is 2.27. The molecule has 0 spiro atoms. The van der Waals surface area contributed by atoms with Crippen LogP contribution >= 0.6 is 0 Å². The number of rotatable bonds is 5. The average Bonchev–Trinajstić information content (AvgIpc) is 2.73. The van der Waals surface area contributed by atoms with Crippen molar-refractivity contribution in [2.45, 2.75) is 13.3 Å². The molecular formula is C13H15BF3N2O-. The van der Waals surface area contributed by atoms with Gasteiger partial charge in [-0.15, -0.1) is 5.46 Å². The van der Waals surface area contributed by atoms with Crippen LogP contribution in [0.15, 0.2) is 30.5 Å². The lowest BCUT2D eigenvalue weighted by Gasteiger charge is -2.18. The van der Waals surface area contributed by atoms with Crippen LogP contribution in [0.1, 0.15) is 11.3 Å². The van der Waals surface area contributed by atoms with Gasteiger partial charge in [0.05, 0.1) is 6.61 Å². The molecule has 0 fully saturated rings. The molecule has 1 aromatic carbocycles. The predicted molar refractivity (Wildman–Crippen MR) is 72.3 cm³/mol. The van der Waals surface area contributed by atoms with Crippen molar-refractivity contribution in [2.75, 3.05) is 6.61 Å². The number of nitrogens with zero attached hydrogens (tertiary/aromatic N) is 2. The van der Waals surface area contributed by atoms with E-state index >= 15 is 0 Å². The summed E-state index contributed by atoms with van der Waals surface area (Å²) in [4.78, 5) is 0. The first kappa shape index (κ1) is 14.5. The second-order valence-electron chi connectivity index (χ2n) is 4.64. The van der Waals surface area contributed by atoms with Gasteiger partial charge in [-0.2, -0.15) is 5.10 Å². The van der Waals surface area contributed by atoms with E-state index in [0.717, 1.165) is 11.8 Å². The van der Waals surface area contributed by atoms with Crippen LogP contribution in [0, 0.1) is 6.92 Å². The summed E-state index contributed by atoms with van der Waals surface area (Å²) < 4.78 is 45.2. The standard InChI is InChI=1S/C13H15BF3N2O/c1-10-9-12(3-4-13(10)14(15,16)17)20-8-6-11-5-7-18-19(11)2/h3-5,7,9H,6,8H2,1-2H3/q-1. The minimum absolute atomic E-state index is 0.190. The number of halogens is 3. The summed E-state index contributed by atoms with van der Waals surface area (Å²) in [5.74, 6) is 0.452. The van der Waals surface area contributed by atoms with E-state index in [9.17, 15) is 12.9 Å². The third kappa shape index (κ3) is 3.34. The van der Waals surface area contributed by atoms with Crippen LogP contribution in [0.4, 0.5) is 12.9 Å². The first-order valence-electron chi connectivity index (χ1n) is 6.28. The van der Waals surface area contributed by atoms with E-state index in [-0.39, 0.29) is 5.56 Å². The van der Waals surface area contributed by atoms with E-state index in [4.69, 9.17) is 4.74 Å². The van der Waals surface area contributed by atoms with Gasteiger partial charge in [0.2, 0.25) is 0 Å². The van der Waals surface area contributed by atoms with Crippen LogP contribution in [0.5, 0.6) is 5.75 Å². The molecule has 0 saturated carbocycles. The van der Waals surface area contributed by atoms with Crippen molar-refractivity contribution >= 4 is 12.4 Å². The van der Waals surface area contributed by atoms with E-state index in [2.05, 4.69) is 5.10 Å². The molecule has 0 unspecified atom stereocenters. The van der Waals surface area contributed by atoms with E-state index in [1.807, 2.05) is 13.1 Å². The second-order valence-corrected chi connectivity index (χ2v) is 4.64. The zero-order chi connectivity index (χ0) is 14.8. The molecule has 3 nitrogen and oxygen atoms in total. The van der Waals surface area contributed by atoms with Gasteiger partial charge in [0.15, 0.2) is 0 Å². The monoisotopic (exact) mass is 283 g/mol. The summed E-state index contributed by atoms with van der Waals surface area (Å²) in [6.45, 7) is -3.12. The van der Waals surface area contributed by atoms with Crippen LogP contribution in [0.2, 0.25) is 0 Å². The Kier molecular flexibility index (Phi) is 4.06. The Bertz CT molecular complexity index is 596. The van der Waals surface area contributed by atoms with Crippen LogP contribution < -0.4 is 10.2 Å². The Hall–Kier alpha value is -1.92. The number of hydrogen-bond acceptors (Lipinski definition) is 2. The molecule has 0 atom stereocenters. The fraction of sp³-hybridized carbons (Fsp3) is 0.308. The van der Waals surface area contributed by atoms with Crippen molar-refractivity contribution in [3.63, 3.8) is 0 Å². The van der Waals surface area contributed by atoms with Crippen molar-refractivity contribution in [3.05, 3.63) is 41.7 Å². The van der Waals surface area contributed by atoms with Crippen molar-refractivity contribution in [1.29, 1.82) is 0 Å². The van der Waals surface area contributed by atoms with Gasteiger partial charge in [0, 0.05) is 25.4 Å². The summed E-state index contributed by atoms with van der Waals surface area (Å²) in [5.41, 5.74) is 0.636. The Balaban J connectivity index is 1.97. The van der Waals surface area contributed by atoms with E-state index in [1.54, 1.807) is 10.9 Å². The van der Waals surface area contributed by atoms with Crippen molar-refractivity contribution in [1.82, 2.24) is 9.78 Å². The quantitative estimate of drug-likeness (QED) is 0.788. The Morgan fingerprint density at radius 2 is 2.00 bits per heavy atom. The smallest absolute Gasteiger partial charge is 0.493 e. The Morgan fingerprint density at radius 1 is 1.25 bits per heavy atom. The molecular weight excluding hydrogens is 268 g/mol. The topological polar surface area (TPSA) is 27.1 Å². The lowest BCUT2D eigenvalue weighted by atomic mass is 9.77. The van der Waals surface area contributed by atoms with Crippen molar-refractivity contribution < 1.29 is 17.7 Å². The van der Waals surface area contributed by atoms with Gasteiger partial charge in [-0.1, -0.05) is 11.6 Å². The number of benzene rings is 1. The maximum Gasteiger partial charge on any atom is 0.509 e. The molecule has 2 rings (SSSR count). The predicted octanol–water partition coefficient (Wildman–Crippen LogP) is 2.40. The van der Waals surface area contributed by atoms with Crippen LogP contribution in [-0.4, -0.2) is 23.4 Å². The molecule has 0 amide bonds. The lowest BCUT2D eigenvalue weighted by Crippen LogP contribution is -2.35. The first-order valence-corrected chi connectivity index (χ1v) is 6.28. The normalized spacial score (nSPS) is 11.7. The molecule has 0 bridgehead atoms. The fourth-order valence-electron chi connectivity index (χ4n) is 2.03. The van der Waals surface area contributed by atoms with Gasteiger partial charge < -0.3 is 17.7 Å². The first-order chi connectivity index (χ1) is 9.38. The molecule has 0 radical (unpaired) electrons. The largest absolute Gasteiger partial charge is 0.509 e. The van der Waals surface area contributed by atoms with Gasteiger partial charge in [-0.3, -0.25) is 4.68 Å². The molecule has 7 heteroatoms. The summed E-state index contributed by atoms with van der Waals surface area (Å²) in [6, 6.07) is 5.74. The Morgan fingerprint density at radius 3 is 2.55 bits per heavy atom. The molecule has 1 heterocycles. The zero-order valence-corrected chi connectivity index (χ0v) is 11.3. The number of aryl methyl sites for hydroxylation is 2. The number of hydrogen-bond donors (Lipinski definition) is 0. The van der Waals surface area contributed by atoms with Gasteiger partial charge >= 0.3 is 6.98 Å². The summed E-state index contributed by atoms with van der Waals surface area (Å²) in [6.07, 6.45) is 2.35. The lowest BCUT2D eigenvalue weighted by molar-refractivity contribution is 0.318. The van der Waals surface area contributed by atoms with Gasteiger partial charge in [-0.05, 0) is 25.1 Å². The maximum absolute atomic E-state index is 12.7. The molecule has 0 aliphatic rings. The van der Waals surface area contributed by atoms with Crippen LogP contribution in [0.3, 0.4) is 0 Å². The van der Waals surface area contributed by atoms with Gasteiger partial charge in [0.25, 0.3) is 0 Å². The van der Waals surface area contributed by atoms with E-state index in [0.29, 0.717) is 18.8 Å². The minimum atomic E-state index is -4.96. The second kappa shape index (κ2) is 5.60. The van der Waals surface area contributed by atoms with Crippen molar-refractivity contribution in [2.24, 2.45) is 7.05 Å². The highest BCUT2D eigenvalue weighted by molar-refractivity contribution is 6.74. The average molecular weight is 283 g/mol. The molecule has 1 aromatic heterocycles. The minimum Gasteiger partial charge on any atom is -0.493 e. The summed E-state index contributed by atoms with van der Waals surface area (Å²) in [5, 5.41) is 4.03. The number of ether oxygens (including phenoxy) is 1. The molecule has 0 aliphatic carbocycles. The van der Waals surface area contributed by atoms with Crippen LogP contribution in [0.25, 0.3) is 0 Å². The summed E-state index contributed by atoms with van der Waals surface area (Å²) in [7, 11) is 1.83. The van der Waals surface area contributed by atoms with Crippen LogP contribution in [-0.2, 0) is 13.5 Å². The third-order valence-corrected chi connectivity index (χ3v) is 3.14.